The van der Waals surface area contributed by atoms with E-state index in [9.17, 15) is 4.79 Å². The minimum atomic E-state index is 0.174. The van der Waals surface area contributed by atoms with Gasteiger partial charge >= 0.3 is 0 Å². The van der Waals surface area contributed by atoms with Crippen LogP contribution < -0.4 is 10.6 Å². The van der Waals surface area contributed by atoms with Gasteiger partial charge < -0.3 is 10.6 Å². The fourth-order valence-corrected chi connectivity index (χ4v) is 3.23. The largest absolute Gasteiger partial charge is 0.317 e. The molecule has 1 amide bonds. The number of amides is 1. The molecule has 2 heterocycles. The molecule has 1 saturated carbocycles. The number of aromatic nitrogens is 2. The van der Waals surface area contributed by atoms with Gasteiger partial charge in [0.2, 0.25) is 5.91 Å². The van der Waals surface area contributed by atoms with E-state index in [0.717, 1.165) is 50.3 Å². The van der Waals surface area contributed by atoms with Gasteiger partial charge in [0, 0.05) is 19.0 Å². The third-order valence-corrected chi connectivity index (χ3v) is 4.65. The van der Waals surface area contributed by atoms with Gasteiger partial charge in [-0.1, -0.05) is 6.92 Å². The van der Waals surface area contributed by atoms with Crippen molar-refractivity contribution in [1.82, 2.24) is 15.1 Å². The minimum Gasteiger partial charge on any atom is -0.317 e. The van der Waals surface area contributed by atoms with E-state index in [0.29, 0.717) is 5.41 Å². The molecule has 1 unspecified atom stereocenters. The predicted octanol–water partition coefficient (Wildman–Crippen LogP) is 1.31. The second-order valence-corrected chi connectivity index (χ2v) is 5.86. The molecular weight excluding hydrogens is 240 g/mol. The summed E-state index contributed by atoms with van der Waals surface area (Å²) >= 11 is 0. The Morgan fingerprint density at radius 2 is 2.32 bits per heavy atom. The SMILES string of the molecule is CCc1cc(NC(=O)C2CC23CCNCC3)n(C)n1. The van der Waals surface area contributed by atoms with Crippen LogP contribution in [-0.2, 0) is 18.3 Å². The van der Waals surface area contributed by atoms with E-state index in [1.54, 1.807) is 4.68 Å². The highest BCUT2D eigenvalue weighted by molar-refractivity contribution is 5.94. The van der Waals surface area contributed by atoms with E-state index in [-0.39, 0.29) is 11.8 Å². The highest BCUT2D eigenvalue weighted by Crippen LogP contribution is 2.58. The first-order valence-electron chi connectivity index (χ1n) is 7.19. The van der Waals surface area contributed by atoms with Gasteiger partial charge in [-0.2, -0.15) is 5.10 Å². The van der Waals surface area contributed by atoms with Crippen molar-refractivity contribution in [1.29, 1.82) is 0 Å². The van der Waals surface area contributed by atoms with Crippen LogP contribution in [-0.4, -0.2) is 28.8 Å². The van der Waals surface area contributed by atoms with Crippen molar-refractivity contribution in [2.45, 2.75) is 32.6 Å². The molecule has 1 saturated heterocycles. The van der Waals surface area contributed by atoms with Crippen LogP contribution in [0.1, 0.15) is 31.9 Å². The molecule has 2 fully saturated rings. The molecule has 2 aliphatic rings. The number of hydrogen-bond donors (Lipinski definition) is 2. The quantitative estimate of drug-likeness (QED) is 0.863. The molecule has 1 atom stereocenters. The van der Waals surface area contributed by atoms with E-state index in [4.69, 9.17) is 0 Å². The van der Waals surface area contributed by atoms with Gasteiger partial charge in [-0.15, -0.1) is 0 Å². The summed E-state index contributed by atoms with van der Waals surface area (Å²) in [5.74, 6) is 1.19. The molecule has 3 rings (SSSR count). The van der Waals surface area contributed by atoms with Gasteiger partial charge in [0.15, 0.2) is 0 Å². The van der Waals surface area contributed by atoms with Crippen molar-refractivity contribution in [3.8, 4) is 0 Å². The van der Waals surface area contributed by atoms with Gasteiger partial charge in [0.05, 0.1) is 5.69 Å². The number of anilines is 1. The van der Waals surface area contributed by atoms with Crippen LogP contribution in [0.3, 0.4) is 0 Å². The van der Waals surface area contributed by atoms with Gasteiger partial charge in [-0.05, 0) is 44.2 Å². The van der Waals surface area contributed by atoms with Crippen LogP contribution in [0.25, 0.3) is 0 Å². The molecule has 1 aliphatic heterocycles. The topological polar surface area (TPSA) is 59.0 Å². The molecule has 2 N–H and O–H groups in total. The Labute approximate surface area is 113 Å². The lowest BCUT2D eigenvalue weighted by Crippen LogP contribution is -2.31. The maximum Gasteiger partial charge on any atom is 0.229 e. The summed E-state index contributed by atoms with van der Waals surface area (Å²) < 4.78 is 1.76. The first-order chi connectivity index (χ1) is 9.14. The second kappa shape index (κ2) is 4.63. The van der Waals surface area contributed by atoms with Crippen LogP contribution >= 0.6 is 0 Å². The Morgan fingerprint density at radius 1 is 1.58 bits per heavy atom. The van der Waals surface area contributed by atoms with E-state index in [2.05, 4.69) is 22.7 Å². The van der Waals surface area contributed by atoms with Crippen LogP contribution in [0.2, 0.25) is 0 Å². The molecule has 1 aromatic rings. The monoisotopic (exact) mass is 262 g/mol. The Kier molecular flexibility index (Phi) is 3.09. The fourth-order valence-electron chi connectivity index (χ4n) is 3.23. The van der Waals surface area contributed by atoms with Crippen LogP contribution in [0.15, 0.2) is 6.07 Å². The van der Waals surface area contributed by atoms with Gasteiger partial charge in [-0.3, -0.25) is 9.48 Å². The lowest BCUT2D eigenvalue weighted by atomic mass is 9.92. The standard InChI is InChI=1S/C14H22N4O/c1-3-10-8-12(18(2)17-10)16-13(19)11-9-14(11)4-6-15-7-5-14/h8,11,15H,3-7,9H2,1-2H3,(H,16,19). The van der Waals surface area contributed by atoms with Crippen molar-refractivity contribution >= 4 is 11.7 Å². The highest BCUT2D eigenvalue weighted by atomic mass is 16.2. The molecular formula is C14H22N4O. The number of nitrogens with zero attached hydrogens (tertiary/aromatic N) is 2. The number of carbonyl (C=O) groups is 1. The number of nitrogens with one attached hydrogen (secondary N) is 2. The lowest BCUT2D eigenvalue weighted by molar-refractivity contribution is -0.118. The first kappa shape index (κ1) is 12.7. The average Bonchev–Trinajstić information content (AvgIpc) is 2.98. The van der Waals surface area contributed by atoms with E-state index in [1.165, 1.54) is 0 Å². The van der Waals surface area contributed by atoms with Crippen molar-refractivity contribution in [2.75, 3.05) is 18.4 Å². The maximum absolute atomic E-state index is 12.3. The van der Waals surface area contributed by atoms with Crippen molar-refractivity contribution in [3.63, 3.8) is 0 Å². The summed E-state index contributed by atoms with van der Waals surface area (Å²) in [6.45, 7) is 4.17. The number of rotatable bonds is 3. The van der Waals surface area contributed by atoms with Crippen molar-refractivity contribution in [2.24, 2.45) is 18.4 Å². The fraction of sp³-hybridized carbons (Fsp3) is 0.714. The average molecular weight is 262 g/mol. The molecule has 0 radical (unpaired) electrons. The Hall–Kier alpha value is -1.36. The Bertz CT molecular complexity index is 488. The van der Waals surface area contributed by atoms with Crippen LogP contribution in [0.5, 0.6) is 0 Å². The lowest BCUT2D eigenvalue weighted by Gasteiger charge is -2.23. The van der Waals surface area contributed by atoms with E-state index < -0.39 is 0 Å². The van der Waals surface area contributed by atoms with Crippen LogP contribution in [0.4, 0.5) is 5.82 Å². The zero-order chi connectivity index (χ0) is 13.5. The van der Waals surface area contributed by atoms with Gasteiger partial charge in [0.1, 0.15) is 5.82 Å². The molecule has 19 heavy (non-hydrogen) atoms. The van der Waals surface area contributed by atoms with E-state index >= 15 is 0 Å². The third-order valence-electron chi connectivity index (χ3n) is 4.65. The number of hydrogen-bond acceptors (Lipinski definition) is 3. The summed E-state index contributed by atoms with van der Waals surface area (Å²) in [5, 5.41) is 10.8. The second-order valence-electron chi connectivity index (χ2n) is 5.86. The Morgan fingerprint density at radius 3 is 2.95 bits per heavy atom. The molecule has 1 aromatic heterocycles. The number of aryl methyl sites for hydroxylation is 2. The number of carbonyl (C=O) groups excluding carboxylic acids is 1. The molecule has 5 heteroatoms. The molecule has 0 aromatic carbocycles. The first-order valence-corrected chi connectivity index (χ1v) is 7.19. The minimum absolute atomic E-state index is 0.174. The van der Waals surface area contributed by atoms with Crippen molar-refractivity contribution in [3.05, 3.63) is 11.8 Å². The summed E-state index contributed by atoms with van der Waals surface area (Å²) in [6, 6.07) is 1.97. The Balaban J connectivity index is 1.64. The summed E-state index contributed by atoms with van der Waals surface area (Å²) in [4.78, 5) is 12.3. The number of piperidine rings is 1. The van der Waals surface area contributed by atoms with Gasteiger partial charge in [0.25, 0.3) is 0 Å². The molecule has 5 nitrogen and oxygen atoms in total. The zero-order valence-electron chi connectivity index (χ0n) is 11.7. The van der Waals surface area contributed by atoms with E-state index in [1.807, 2.05) is 13.1 Å². The smallest absolute Gasteiger partial charge is 0.229 e. The molecule has 104 valence electrons. The molecule has 1 aliphatic carbocycles. The summed E-state index contributed by atoms with van der Waals surface area (Å²) in [6.07, 6.45) is 4.22. The summed E-state index contributed by atoms with van der Waals surface area (Å²) in [7, 11) is 1.88. The third kappa shape index (κ3) is 2.27. The van der Waals surface area contributed by atoms with Crippen LogP contribution in [0, 0.1) is 11.3 Å². The normalized spacial score (nSPS) is 24.4. The molecule has 1 spiro atoms. The van der Waals surface area contributed by atoms with Gasteiger partial charge in [-0.25, -0.2) is 0 Å². The maximum atomic E-state index is 12.3. The summed E-state index contributed by atoms with van der Waals surface area (Å²) in [5.41, 5.74) is 1.31. The molecule has 0 bridgehead atoms. The predicted molar refractivity (Wildman–Crippen MR) is 73.9 cm³/mol. The zero-order valence-corrected chi connectivity index (χ0v) is 11.7. The highest BCUT2D eigenvalue weighted by Gasteiger charge is 2.57. The van der Waals surface area contributed by atoms with Crippen molar-refractivity contribution < 1.29 is 4.79 Å².